The number of carbonyl (C=O) groups is 1. The van der Waals surface area contributed by atoms with Crippen LogP contribution in [0.4, 0.5) is 23.2 Å². The summed E-state index contributed by atoms with van der Waals surface area (Å²) in [7, 11) is 0. The van der Waals surface area contributed by atoms with Gasteiger partial charge in [0.2, 0.25) is 0 Å². The predicted molar refractivity (Wildman–Crippen MR) is 72.2 cm³/mol. The zero-order valence-electron chi connectivity index (χ0n) is 11.4. The van der Waals surface area contributed by atoms with Gasteiger partial charge in [0, 0.05) is 5.56 Å². The van der Waals surface area contributed by atoms with E-state index in [1.54, 1.807) is 0 Å². The molecule has 0 atom stereocenters. The molecule has 1 amide bonds. The third-order valence-electron chi connectivity index (χ3n) is 2.79. The van der Waals surface area contributed by atoms with E-state index in [1.807, 2.05) is 0 Å². The lowest BCUT2D eigenvalue weighted by atomic mass is 10.1. The first-order chi connectivity index (χ1) is 10.3. The van der Waals surface area contributed by atoms with Gasteiger partial charge in [-0.05, 0) is 36.8 Å². The van der Waals surface area contributed by atoms with Gasteiger partial charge in [0.25, 0.3) is 5.91 Å². The summed E-state index contributed by atoms with van der Waals surface area (Å²) in [6.45, 7) is 1.53. The molecule has 0 unspecified atom stereocenters. The average Bonchev–Trinajstić information content (AvgIpc) is 2.42. The molecule has 7 heteroatoms. The second-order valence-corrected chi connectivity index (χ2v) is 4.46. The Morgan fingerprint density at radius 2 is 1.82 bits per heavy atom. The first-order valence-electron chi connectivity index (χ1n) is 6.18. The maximum Gasteiger partial charge on any atom is 0.573 e. The smallest absolute Gasteiger partial charge is 0.404 e. The summed E-state index contributed by atoms with van der Waals surface area (Å²) in [6.07, 6.45) is -4.88. The monoisotopic (exact) mass is 313 g/mol. The molecule has 0 aliphatic rings. The van der Waals surface area contributed by atoms with Crippen molar-refractivity contribution >= 4 is 11.6 Å². The summed E-state index contributed by atoms with van der Waals surface area (Å²) < 4.78 is 54.1. The molecule has 2 aromatic carbocycles. The van der Waals surface area contributed by atoms with Crippen LogP contribution >= 0.6 is 0 Å². The number of ether oxygens (including phenoxy) is 1. The molecule has 2 rings (SSSR count). The van der Waals surface area contributed by atoms with Crippen LogP contribution in [0.2, 0.25) is 0 Å². The molecule has 0 saturated heterocycles. The summed E-state index contributed by atoms with van der Waals surface area (Å²) in [5, 5.41) is 2.27. The van der Waals surface area contributed by atoms with Crippen molar-refractivity contribution in [1.82, 2.24) is 0 Å². The minimum Gasteiger partial charge on any atom is -0.404 e. The van der Waals surface area contributed by atoms with E-state index in [4.69, 9.17) is 0 Å². The standard InChI is InChI=1S/C15H11F4NO2/c1-9-6-7-10(8-11(9)16)14(21)20-12-4-2-3-5-13(12)22-15(17,18)19/h2-8H,1H3,(H,20,21). The number of hydrogen-bond acceptors (Lipinski definition) is 2. The molecule has 0 spiro atoms. The van der Waals surface area contributed by atoms with Gasteiger partial charge in [-0.1, -0.05) is 18.2 Å². The highest BCUT2D eigenvalue weighted by atomic mass is 19.4. The SMILES string of the molecule is Cc1ccc(C(=O)Nc2ccccc2OC(F)(F)F)cc1F. The largest absolute Gasteiger partial charge is 0.573 e. The van der Waals surface area contributed by atoms with Crippen LogP contribution in [0.15, 0.2) is 42.5 Å². The van der Waals surface area contributed by atoms with E-state index in [-0.39, 0.29) is 11.3 Å². The van der Waals surface area contributed by atoms with Gasteiger partial charge in [-0.3, -0.25) is 4.79 Å². The molecule has 0 aromatic heterocycles. The Hall–Kier alpha value is -2.57. The average molecular weight is 313 g/mol. The predicted octanol–water partition coefficient (Wildman–Crippen LogP) is 4.29. The molecule has 116 valence electrons. The number of carbonyl (C=O) groups excluding carboxylic acids is 1. The van der Waals surface area contributed by atoms with Gasteiger partial charge in [0.1, 0.15) is 5.82 Å². The molecule has 0 radical (unpaired) electrons. The Morgan fingerprint density at radius 3 is 2.45 bits per heavy atom. The van der Waals surface area contributed by atoms with Crippen molar-refractivity contribution in [2.24, 2.45) is 0 Å². The summed E-state index contributed by atoms with van der Waals surface area (Å²) in [5.41, 5.74) is 0.188. The van der Waals surface area contributed by atoms with E-state index in [0.29, 0.717) is 5.56 Å². The van der Waals surface area contributed by atoms with E-state index in [0.717, 1.165) is 12.1 Å². The fourth-order valence-corrected chi connectivity index (χ4v) is 1.71. The van der Waals surface area contributed by atoms with Crippen molar-refractivity contribution in [2.75, 3.05) is 5.32 Å². The Morgan fingerprint density at radius 1 is 1.14 bits per heavy atom. The molecular formula is C15H11F4NO2. The fourth-order valence-electron chi connectivity index (χ4n) is 1.71. The topological polar surface area (TPSA) is 38.3 Å². The summed E-state index contributed by atoms with van der Waals surface area (Å²) >= 11 is 0. The minimum atomic E-state index is -4.88. The highest BCUT2D eigenvalue weighted by Crippen LogP contribution is 2.30. The number of nitrogens with one attached hydrogen (secondary N) is 1. The van der Waals surface area contributed by atoms with E-state index in [9.17, 15) is 22.4 Å². The third-order valence-corrected chi connectivity index (χ3v) is 2.79. The summed E-state index contributed by atoms with van der Waals surface area (Å²) in [6, 6.07) is 8.89. The first-order valence-corrected chi connectivity index (χ1v) is 6.18. The number of para-hydroxylation sites is 2. The molecule has 0 saturated carbocycles. The quantitative estimate of drug-likeness (QED) is 0.859. The van der Waals surface area contributed by atoms with Crippen LogP contribution in [-0.2, 0) is 0 Å². The van der Waals surface area contributed by atoms with Crippen molar-refractivity contribution in [3.05, 3.63) is 59.4 Å². The van der Waals surface area contributed by atoms with E-state index in [2.05, 4.69) is 10.1 Å². The lowest BCUT2D eigenvalue weighted by molar-refractivity contribution is -0.274. The molecule has 1 N–H and O–H groups in total. The highest BCUT2D eigenvalue weighted by molar-refractivity contribution is 6.05. The summed E-state index contributed by atoms with van der Waals surface area (Å²) in [5.74, 6) is -1.86. The van der Waals surface area contributed by atoms with Gasteiger partial charge in [-0.15, -0.1) is 13.2 Å². The van der Waals surface area contributed by atoms with E-state index in [1.165, 1.54) is 37.3 Å². The van der Waals surface area contributed by atoms with Gasteiger partial charge in [0.05, 0.1) is 5.69 Å². The summed E-state index contributed by atoms with van der Waals surface area (Å²) in [4.78, 5) is 12.0. The number of anilines is 1. The van der Waals surface area contributed by atoms with Gasteiger partial charge in [-0.25, -0.2) is 4.39 Å². The van der Waals surface area contributed by atoms with Crippen molar-refractivity contribution < 1.29 is 27.1 Å². The Kier molecular flexibility index (Phi) is 4.35. The number of halogens is 4. The van der Waals surface area contributed by atoms with Crippen molar-refractivity contribution in [1.29, 1.82) is 0 Å². The zero-order valence-corrected chi connectivity index (χ0v) is 11.4. The second kappa shape index (κ2) is 6.05. The lowest BCUT2D eigenvalue weighted by Gasteiger charge is -2.14. The molecule has 0 fully saturated rings. The Labute approximate surface area is 123 Å². The van der Waals surface area contributed by atoms with Crippen LogP contribution < -0.4 is 10.1 Å². The minimum absolute atomic E-state index is 0.00934. The zero-order chi connectivity index (χ0) is 16.3. The van der Waals surface area contributed by atoms with Gasteiger partial charge in [-0.2, -0.15) is 0 Å². The fraction of sp³-hybridized carbons (Fsp3) is 0.133. The molecule has 0 aliphatic carbocycles. The van der Waals surface area contributed by atoms with Crippen LogP contribution in [0.3, 0.4) is 0 Å². The molecule has 3 nitrogen and oxygen atoms in total. The number of rotatable bonds is 3. The van der Waals surface area contributed by atoms with Gasteiger partial charge in [0.15, 0.2) is 5.75 Å². The molecule has 0 heterocycles. The van der Waals surface area contributed by atoms with Gasteiger partial charge < -0.3 is 10.1 Å². The second-order valence-electron chi connectivity index (χ2n) is 4.46. The normalized spacial score (nSPS) is 11.1. The van der Waals surface area contributed by atoms with Crippen LogP contribution in [-0.4, -0.2) is 12.3 Å². The third kappa shape index (κ3) is 3.97. The van der Waals surface area contributed by atoms with Crippen molar-refractivity contribution in [3.8, 4) is 5.75 Å². The molecule has 0 bridgehead atoms. The van der Waals surface area contributed by atoms with E-state index >= 15 is 0 Å². The van der Waals surface area contributed by atoms with Crippen LogP contribution in [0.1, 0.15) is 15.9 Å². The number of alkyl halides is 3. The number of amides is 1. The van der Waals surface area contributed by atoms with E-state index < -0.39 is 23.8 Å². The first kappa shape index (κ1) is 15.8. The molecule has 2 aromatic rings. The number of benzene rings is 2. The van der Waals surface area contributed by atoms with Gasteiger partial charge >= 0.3 is 6.36 Å². The maximum atomic E-state index is 13.4. The lowest BCUT2D eigenvalue weighted by Crippen LogP contribution is -2.19. The van der Waals surface area contributed by atoms with Crippen molar-refractivity contribution in [3.63, 3.8) is 0 Å². The Balaban J connectivity index is 2.23. The molecule has 22 heavy (non-hydrogen) atoms. The maximum absolute atomic E-state index is 13.4. The highest BCUT2D eigenvalue weighted by Gasteiger charge is 2.32. The molecular weight excluding hydrogens is 302 g/mol. The molecule has 0 aliphatic heterocycles. The van der Waals surface area contributed by atoms with Crippen LogP contribution in [0, 0.1) is 12.7 Å². The van der Waals surface area contributed by atoms with Crippen LogP contribution in [0.25, 0.3) is 0 Å². The van der Waals surface area contributed by atoms with Crippen molar-refractivity contribution in [2.45, 2.75) is 13.3 Å². The number of hydrogen-bond donors (Lipinski definition) is 1. The number of aryl methyl sites for hydroxylation is 1. The Bertz CT molecular complexity index is 698. The van der Waals surface area contributed by atoms with Crippen LogP contribution in [0.5, 0.6) is 5.75 Å².